The Bertz CT molecular complexity index is 4540. The first-order valence-electron chi connectivity index (χ1n) is 31.4. The zero-order valence-corrected chi connectivity index (χ0v) is 54.2. The van der Waals surface area contributed by atoms with Crippen LogP contribution in [0.15, 0.2) is 267 Å². The normalized spacial score (nSPS) is 15.9. The first-order chi connectivity index (χ1) is 48.5. The van der Waals surface area contributed by atoms with Gasteiger partial charge in [0.25, 0.3) is 5.91 Å². The Morgan fingerprint density at radius 2 is 0.880 bits per heavy atom. The SMILES string of the molecule is CC(C)[C@H](NC(c1ccc(OC(=O)c2ccccc2)cc1)(c1ccc(OC(=O)c2ccccc2)cc1)c1ccc(OC(=O)c2ccccc2)cc1)C(=O)NP(=O)([O-])OC[C@H]1O[C@@H](n2cnc3c(NC(=O)c4ccccc4)ncnc32)[C@H](OC(=O)c2ccccc2)[C@@H]1OC(=O)c1ccccc1. The molecule has 0 bridgehead atoms. The number of rotatable bonds is 24. The summed E-state index contributed by atoms with van der Waals surface area (Å²) in [6, 6.07) is 66.7. The Labute approximate surface area is 572 Å². The molecule has 1 unspecified atom stereocenters. The van der Waals surface area contributed by atoms with E-state index in [0.717, 1.165) is 6.33 Å². The van der Waals surface area contributed by atoms with Crippen LogP contribution in [0.4, 0.5) is 5.82 Å². The standard InChI is InChI=1S/C76H62N7O16P/c1-48(2)62(81-76(55-33-39-58(40-34-55)94-71(86)50-23-11-4-12-24-50,56-35-41-59(42-36-56)95-72(87)51-25-13-5-14-26-51)57-37-43-60(44-38-57)96-73(88)52-27-15-6-16-28-52)69(85)82-100(91,92)93-45-61-64(98-74(89)53-29-17-7-18-30-53)65(99-75(90)54-31-19-8-20-32-54)70(97-61)83-47-79-63-66(77-46-78-67(63)83)80-68(84)49-21-9-3-10-22-49/h3-44,46-48,61-62,64-65,70,81H,45H2,1-2H3,(H,77,78,80,84)(H2,82,85,91,92)/p-1/t61-,62+,64-,65-,70-/m1/s1. The first-order valence-corrected chi connectivity index (χ1v) is 32.9. The number of nitrogens with zero attached hydrogens (tertiary/aromatic N) is 4. The van der Waals surface area contributed by atoms with Gasteiger partial charge in [0.15, 0.2) is 35.4 Å². The molecule has 1 aliphatic heterocycles. The molecule has 6 atom stereocenters. The summed E-state index contributed by atoms with van der Waals surface area (Å²) < 4.78 is 58.1. The van der Waals surface area contributed by atoms with Crippen LogP contribution >= 0.6 is 7.75 Å². The van der Waals surface area contributed by atoms with Crippen LogP contribution in [0.25, 0.3) is 11.2 Å². The van der Waals surface area contributed by atoms with Gasteiger partial charge in [0.1, 0.15) is 29.7 Å². The third kappa shape index (κ3) is 15.6. The van der Waals surface area contributed by atoms with Gasteiger partial charge in [0.05, 0.1) is 52.3 Å². The number of carbonyl (C=O) groups excluding carboxylic acids is 7. The molecule has 0 spiro atoms. The number of amides is 2. The molecule has 3 heterocycles. The molecule has 9 aromatic carbocycles. The van der Waals surface area contributed by atoms with Gasteiger partial charge < -0.3 is 43.2 Å². The predicted molar refractivity (Wildman–Crippen MR) is 362 cm³/mol. The third-order valence-corrected chi connectivity index (χ3v) is 17.2. The fourth-order valence-corrected chi connectivity index (χ4v) is 12.0. The molecule has 11 aromatic rings. The van der Waals surface area contributed by atoms with Crippen molar-refractivity contribution in [3.05, 3.63) is 318 Å². The Hall–Kier alpha value is -12.1. The zero-order chi connectivity index (χ0) is 69.8. The van der Waals surface area contributed by atoms with E-state index in [2.05, 4.69) is 30.7 Å². The second kappa shape index (κ2) is 30.5. The highest BCUT2D eigenvalue weighted by Gasteiger charge is 2.52. The molecular weight excluding hydrogens is 1300 g/mol. The summed E-state index contributed by atoms with van der Waals surface area (Å²) in [5.41, 5.74) is 0.893. The van der Waals surface area contributed by atoms with Crippen molar-refractivity contribution in [1.29, 1.82) is 0 Å². The number of nitrogens with one attached hydrogen (secondary N) is 3. The minimum atomic E-state index is -5.63. The average molecular weight is 1360 g/mol. The van der Waals surface area contributed by atoms with Gasteiger partial charge in [-0.3, -0.25) is 29.1 Å². The van der Waals surface area contributed by atoms with Crippen molar-refractivity contribution in [1.82, 2.24) is 29.9 Å². The summed E-state index contributed by atoms with van der Waals surface area (Å²) in [4.78, 5) is 125. The van der Waals surface area contributed by atoms with Crippen LogP contribution in [0, 0.1) is 5.92 Å². The van der Waals surface area contributed by atoms with Crippen molar-refractivity contribution < 1.29 is 76.0 Å². The average Bonchev–Trinajstić information content (AvgIpc) is 0.807. The van der Waals surface area contributed by atoms with Gasteiger partial charge in [0, 0.05) is 5.56 Å². The van der Waals surface area contributed by atoms with Gasteiger partial charge in [0.2, 0.25) is 13.7 Å². The topological polar surface area (TPSA) is 304 Å². The quantitative estimate of drug-likeness (QED) is 0.0219. The Morgan fingerprint density at radius 3 is 1.28 bits per heavy atom. The van der Waals surface area contributed by atoms with Crippen molar-refractivity contribution in [3.63, 3.8) is 0 Å². The molecule has 0 saturated carbocycles. The lowest BCUT2D eigenvalue weighted by atomic mass is 9.75. The van der Waals surface area contributed by atoms with E-state index in [1.807, 2.05) is 0 Å². The molecule has 24 heteroatoms. The third-order valence-electron chi connectivity index (χ3n) is 16.2. The van der Waals surface area contributed by atoms with E-state index in [0.29, 0.717) is 22.3 Å². The number of anilines is 1. The molecule has 23 nitrogen and oxygen atoms in total. The smallest absolute Gasteiger partial charge is 0.343 e. The molecule has 0 radical (unpaired) electrons. The van der Waals surface area contributed by atoms with Crippen LogP contribution in [0.3, 0.4) is 0 Å². The van der Waals surface area contributed by atoms with E-state index in [9.17, 15) is 38.2 Å². The second-order valence-corrected chi connectivity index (χ2v) is 24.6. The molecule has 0 aliphatic carbocycles. The van der Waals surface area contributed by atoms with E-state index in [-0.39, 0.29) is 62.0 Å². The van der Waals surface area contributed by atoms with Gasteiger partial charge in [-0.2, -0.15) is 0 Å². The summed E-state index contributed by atoms with van der Waals surface area (Å²) in [6.07, 6.45) is -4.00. The number of hydrogen-bond acceptors (Lipinski definition) is 20. The molecular formula is C76H61N7O16P-. The summed E-state index contributed by atoms with van der Waals surface area (Å²) in [6.45, 7) is 2.36. The van der Waals surface area contributed by atoms with E-state index in [4.69, 9.17) is 32.9 Å². The zero-order valence-electron chi connectivity index (χ0n) is 53.3. The fourth-order valence-electron chi connectivity index (χ4n) is 11.2. The van der Waals surface area contributed by atoms with Gasteiger partial charge in [-0.25, -0.2) is 38.9 Å². The van der Waals surface area contributed by atoms with Crippen molar-refractivity contribution in [3.8, 4) is 17.2 Å². The first kappa shape index (κ1) is 67.9. The summed E-state index contributed by atoms with van der Waals surface area (Å²) >= 11 is 0. The summed E-state index contributed by atoms with van der Waals surface area (Å²) in [5, 5.41) is 8.36. The number of imidazole rings is 1. The number of hydrogen-bond donors (Lipinski definition) is 3. The number of benzene rings is 9. The lowest BCUT2D eigenvalue weighted by Gasteiger charge is -2.41. The Morgan fingerprint density at radius 1 is 0.500 bits per heavy atom. The fraction of sp³-hybridized carbons (Fsp3) is 0.132. The number of fused-ring (bicyclic) bond motifs is 1. The lowest BCUT2D eigenvalue weighted by molar-refractivity contribution is -0.205. The van der Waals surface area contributed by atoms with Crippen molar-refractivity contribution >= 4 is 66.4 Å². The minimum absolute atomic E-state index is 0.00554. The maximum absolute atomic E-state index is 15.3. The van der Waals surface area contributed by atoms with Crippen LogP contribution < -0.4 is 34.8 Å². The van der Waals surface area contributed by atoms with Crippen LogP contribution in [0.2, 0.25) is 0 Å². The Kier molecular flexibility index (Phi) is 20.7. The molecule has 1 saturated heterocycles. The van der Waals surface area contributed by atoms with Crippen LogP contribution in [0.1, 0.15) is 98.9 Å². The van der Waals surface area contributed by atoms with Crippen LogP contribution in [-0.2, 0) is 33.6 Å². The highest BCUT2D eigenvalue weighted by atomic mass is 31.2. The molecule has 12 rings (SSSR count). The molecule has 2 aromatic heterocycles. The molecule has 100 heavy (non-hydrogen) atoms. The molecule has 502 valence electrons. The van der Waals surface area contributed by atoms with E-state index < -0.39 is 98.1 Å². The summed E-state index contributed by atoms with van der Waals surface area (Å²) in [7, 11) is -5.63. The number of esters is 5. The maximum atomic E-state index is 15.3. The van der Waals surface area contributed by atoms with Gasteiger partial charge in [-0.15, -0.1) is 0 Å². The summed E-state index contributed by atoms with van der Waals surface area (Å²) in [5.74, 6) is -5.73. The predicted octanol–water partition coefficient (Wildman–Crippen LogP) is 11.3. The van der Waals surface area contributed by atoms with Crippen LogP contribution in [0.5, 0.6) is 17.2 Å². The molecule has 2 amide bonds. The van der Waals surface area contributed by atoms with E-state index in [1.54, 1.807) is 244 Å². The highest BCUT2D eigenvalue weighted by molar-refractivity contribution is 7.49. The van der Waals surface area contributed by atoms with Crippen molar-refractivity contribution in [2.24, 2.45) is 5.92 Å². The number of aromatic nitrogens is 4. The highest BCUT2D eigenvalue weighted by Crippen LogP contribution is 2.43. The largest absolute Gasteiger partial charge is 0.762 e. The maximum Gasteiger partial charge on any atom is 0.343 e. The van der Waals surface area contributed by atoms with E-state index >= 15 is 4.79 Å². The molecule has 1 fully saturated rings. The second-order valence-electron chi connectivity index (χ2n) is 23.1. The number of ether oxygens (including phenoxy) is 6. The molecule has 3 N–H and O–H groups in total. The van der Waals surface area contributed by atoms with Gasteiger partial charge in [-0.1, -0.05) is 159 Å². The van der Waals surface area contributed by atoms with E-state index in [1.165, 1.54) is 35.2 Å². The molecule has 1 aliphatic rings. The van der Waals surface area contributed by atoms with Crippen molar-refractivity contribution in [2.45, 2.75) is 50.0 Å². The van der Waals surface area contributed by atoms with Gasteiger partial charge >= 0.3 is 29.8 Å². The monoisotopic (exact) mass is 1360 g/mol. The number of carbonyl (C=O) groups is 7. The van der Waals surface area contributed by atoms with Crippen molar-refractivity contribution in [2.75, 3.05) is 11.9 Å². The minimum Gasteiger partial charge on any atom is -0.762 e. The van der Waals surface area contributed by atoms with Crippen LogP contribution in [-0.4, -0.2) is 92.1 Å². The lowest BCUT2D eigenvalue weighted by Crippen LogP contribution is -2.57. The van der Waals surface area contributed by atoms with Gasteiger partial charge in [-0.05, 0) is 132 Å². The Balaban J connectivity index is 0.887.